The lowest BCUT2D eigenvalue weighted by Crippen LogP contribution is -2.39. The number of methoxy groups -OCH3 is 1. The Labute approximate surface area is 109 Å². The molecule has 4 nitrogen and oxygen atoms in total. The number of carbonyl (C=O) groups is 2. The molecule has 0 saturated carbocycles. The van der Waals surface area contributed by atoms with Gasteiger partial charge in [0.25, 0.3) is 5.91 Å². The second kappa shape index (κ2) is 5.89. The van der Waals surface area contributed by atoms with Gasteiger partial charge in [-0.05, 0) is 25.1 Å². The Balaban J connectivity index is 2.80. The molecule has 0 saturated heterocycles. The van der Waals surface area contributed by atoms with Crippen molar-refractivity contribution in [2.24, 2.45) is 0 Å². The van der Waals surface area contributed by atoms with E-state index in [9.17, 15) is 9.59 Å². The fourth-order valence-electron chi connectivity index (χ4n) is 1.18. The van der Waals surface area contributed by atoms with Crippen LogP contribution in [0.2, 0.25) is 10.0 Å². The summed E-state index contributed by atoms with van der Waals surface area (Å²) in [5.41, 5.74) is 0.256. The molecule has 1 aromatic carbocycles. The molecule has 0 fully saturated rings. The van der Waals surface area contributed by atoms with E-state index in [1.165, 1.54) is 26.2 Å². The van der Waals surface area contributed by atoms with E-state index in [0.29, 0.717) is 5.02 Å². The van der Waals surface area contributed by atoms with E-state index in [1.54, 1.807) is 6.07 Å². The highest BCUT2D eigenvalue weighted by atomic mass is 35.5. The van der Waals surface area contributed by atoms with E-state index in [-0.39, 0.29) is 10.6 Å². The number of nitrogens with one attached hydrogen (secondary N) is 1. The van der Waals surface area contributed by atoms with Crippen LogP contribution in [-0.4, -0.2) is 25.0 Å². The van der Waals surface area contributed by atoms with Crippen LogP contribution in [0.4, 0.5) is 0 Å². The highest BCUT2D eigenvalue weighted by molar-refractivity contribution is 6.36. The van der Waals surface area contributed by atoms with E-state index in [1.807, 2.05) is 0 Å². The minimum Gasteiger partial charge on any atom is -0.467 e. The molecule has 0 aliphatic carbocycles. The molecule has 17 heavy (non-hydrogen) atoms. The first kappa shape index (κ1) is 13.8. The number of halogens is 2. The third kappa shape index (κ3) is 3.61. The first-order valence-electron chi connectivity index (χ1n) is 4.79. The highest BCUT2D eigenvalue weighted by Gasteiger charge is 2.18. The number of carbonyl (C=O) groups excluding carboxylic acids is 2. The van der Waals surface area contributed by atoms with Gasteiger partial charge in [0.2, 0.25) is 0 Å². The summed E-state index contributed by atoms with van der Waals surface area (Å²) in [6, 6.07) is 3.76. The first-order valence-corrected chi connectivity index (χ1v) is 5.55. The third-order valence-corrected chi connectivity index (χ3v) is 2.63. The molecule has 0 aromatic heterocycles. The van der Waals surface area contributed by atoms with Gasteiger partial charge in [-0.15, -0.1) is 0 Å². The van der Waals surface area contributed by atoms with Gasteiger partial charge >= 0.3 is 5.97 Å². The SMILES string of the molecule is COC(=O)[C@H](C)NC(=O)c1ccc(Cl)cc1Cl. The van der Waals surface area contributed by atoms with Crippen LogP contribution < -0.4 is 5.32 Å². The maximum Gasteiger partial charge on any atom is 0.328 e. The molecule has 0 bridgehead atoms. The summed E-state index contributed by atoms with van der Waals surface area (Å²) in [5, 5.41) is 3.13. The first-order chi connectivity index (χ1) is 7.95. The molecule has 6 heteroatoms. The number of rotatable bonds is 3. The Bertz CT molecular complexity index is 448. The minimum absolute atomic E-state index is 0.229. The maximum absolute atomic E-state index is 11.8. The zero-order valence-corrected chi connectivity index (χ0v) is 10.8. The summed E-state index contributed by atoms with van der Waals surface area (Å²) in [7, 11) is 1.25. The van der Waals surface area contributed by atoms with Crippen molar-refractivity contribution in [1.29, 1.82) is 0 Å². The van der Waals surface area contributed by atoms with Crippen molar-refractivity contribution in [2.45, 2.75) is 13.0 Å². The van der Waals surface area contributed by atoms with Gasteiger partial charge in [0.1, 0.15) is 6.04 Å². The van der Waals surface area contributed by atoms with E-state index in [4.69, 9.17) is 23.2 Å². The van der Waals surface area contributed by atoms with Crippen LogP contribution in [0.25, 0.3) is 0 Å². The normalized spacial score (nSPS) is 11.8. The van der Waals surface area contributed by atoms with Crippen molar-refractivity contribution in [3.8, 4) is 0 Å². The van der Waals surface area contributed by atoms with E-state index >= 15 is 0 Å². The second-order valence-corrected chi connectivity index (χ2v) is 4.19. The average Bonchev–Trinajstić information content (AvgIpc) is 2.27. The van der Waals surface area contributed by atoms with Gasteiger partial charge < -0.3 is 10.1 Å². The van der Waals surface area contributed by atoms with Gasteiger partial charge in [-0.3, -0.25) is 4.79 Å². The predicted molar refractivity (Wildman–Crippen MR) is 65.4 cm³/mol. The van der Waals surface area contributed by atoms with Crippen LogP contribution in [0.3, 0.4) is 0 Å². The number of amides is 1. The van der Waals surface area contributed by atoms with Crippen molar-refractivity contribution < 1.29 is 14.3 Å². The summed E-state index contributed by atoms with van der Waals surface area (Å²) in [6.07, 6.45) is 0. The smallest absolute Gasteiger partial charge is 0.328 e. The Morgan fingerprint density at radius 2 is 2.00 bits per heavy atom. The van der Waals surface area contributed by atoms with E-state index in [0.717, 1.165) is 0 Å². The summed E-state index contributed by atoms with van der Waals surface area (Å²) >= 11 is 11.6. The molecule has 1 amide bonds. The molecule has 1 N–H and O–H groups in total. The number of ether oxygens (including phenoxy) is 1. The Morgan fingerprint density at radius 3 is 2.53 bits per heavy atom. The van der Waals surface area contributed by atoms with Crippen molar-refractivity contribution >= 4 is 35.1 Å². The molecule has 1 aromatic rings. The molecule has 0 heterocycles. The molecule has 0 aliphatic heterocycles. The van der Waals surface area contributed by atoms with Crippen molar-refractivity contribution in [3.05, 3.63) is 33.8 Å². The topological polar surface area (TPSA) is 55.4 Å². The Hall–Kier alpha value is -1.26. The third-order valence-electron chi connectivity index (χ3n) is 2.08. The predicted octanol–water partition coefficient (Wildman–Crippen LogP) is 2.28. The van der Waals surface area contributed by atoms with Crippen LogP contribution in [0.1, 0.15) is 17.3 Å². The maximum atomic E-state index is 11.8. The zero-order chi connectivity index (χ0) is 13.0. The van der Waals surface area contributed by atoms with Gasteiger partial charge in [-0.25, -0.2) is 4.79 Å². The van der Waals surface area contributed by atoms with Crippen LogP contribution in [0.15, 0.2) is 18.2 Å². The van der Waals surface area contributed by atoms with Crippen LogP contribution >= 0.6 is 23.2 Å². The van der Waals surface area contributed by atoms with Gasteiger partial charge in [-0.1, -0.05) is 23.2 Å². The quantitative estimate of drug-likeness (QED) is 0.862. The van der Waals surface area contributed by atoms with Gasteiger partial charge in [-0.2, -0.15) is 0 Å². The molecule has 1 rings (SSSR count). The average molecular weight is 276 g/mol. The van der Waals surface area contributed by atoms with Gasteiger partial charge in [0.15, 0.2) is 0 Å². The fraction of sp³-hybridized carbons (Fsp3) is 0.273. The van der Waals surface area contributed by atoms with Gasteiger partial charge in [0.05, 0.1) is 17.7 Å². The summed E-state index contributed by atoms with van der Waals surface area (Å²) < 4.78 is 4.49. The molecular weight excluding hydrogens is 265 g/mol. The minimum atomic E-state index is -0.737. The molecule has 0 unspecified atom stereocenters. The fourth-order valence-corrected chi connectivity index (χ4v) is 1.68. The molecular formula is C11H11Cl2NO3. The lowest BCUT2D eigenvalue weighted by molar-refractivity contribution is -0.142. The largest absolute Gasteiger partial charge is 0.467 e. The van der Waals surface area contributed by atoms with Crippen LogP contribution in [0.5, 0.6) is 0 Å². The summed E-state index contributed by atoms with van der Waals surface area (Å²) in [5.74, 6) is -0.979. The van der Waals surface area contributed by atoms with E-state index < -0.39 is 17.9 Å². The molecule has 0 radical (unpaired) electrons. The Kier molecular flexibility index (Phi) is 4.78. The number of hydrogen-bond acceptors (Lipinski definition) is 3. The van der Waals surface area contributed by atoms with Crippen molar-refractivity contribution in [2.75, 3.05) is 7.11 Å². The molecule has 92 valence electrons. The zero-order valence-electron chi connectivity index (χ0n) is 9.29. The standard InChI is InChI=1S/C11H11Cl2NO3/c1-6(11(16)17-2)14-10(15)8-4-3-7(12)5-9(8)13/h3-6H,1-2H3,(H,14,15)/t6-/m0/s1. The van der Waals surface area contributed by atoms with Crippen LogP contribution in [0, 0.1) is 0 Å². The summed E-state index contributed by atoms with van der Waals surface area (Å²) in [4.78, 5) is 22.9. The second-order valence-electron chi connectivity index (χ2n) is 3.34. The monoisotopic (exact) mass is 275 g/mol. The number of benzene rings is 1. The lowest BCUT2D eigenvalue weighted by atomic mass is 10.2. The highest BCUT2D eigenvalue weighted by Crippen LogP contribution is 2.20. The van der Waals surface area contributed by atoms with Gasteiger partial charge in [0, 0.05) is 5.02 Å². The van der Waals surface area contributed by atoms with Crippen LogP contribution in [-0.2, 0) is 9.53 Å². The van der Waals surface area contributed by atoms with E-state index in [2.05, 4.69) is 10.1 Å². The van der Waals surface area contributed by atoms with Crippen molar-refractivity contribution in [1.82, 2.24) is 5.32 Å². The molecule has 1 atom stereocenters. The molecule has 0 spiro atoms. The lowest BCUT2D eigenvalue weighted by Gasteiger charge is -2.12. The number of esters is 1. The Morgan fingerprint density at radius 1 is 1.35 bits per heavy atom. The number of hydrogen-bond donors (Lipinski definition) is 1. The molecule has 0 aliphatic rings. The summed E-state index contributed by atoms with van der Waals surface area (Å²) in [6.45, 7) is 1.52. The van der Waals surface area contributed by atoms with Crippen molar-refractivity contribution in [3.63, 3.8) is 0 Å².